The highest BCUT2D eigenvalue weighted by Gasteiger charge is 2.30. The first-order valence-electron chi connectivity index (χ1n) is 9.77. The third-order valence-corrected chi connectivity index (χ3v) is 5.45. The molecule has 1 atom stereocenters. The van der Waals surface area contributed by atoms with Gasteiger partial charge in [0.1, 0.15) is 18.1 Å². The Balaban J connectivity index is 1.56. The van der Waals surface area contributed by atoms with E-state index in [0.717, 1.165) is 22.3 Å². The van der Waals surface area contributed by atoms with Crippen LogP contribution in [-0.2, 0) is 11.3 Å². The monoisotopic (exact) mass is 423 g/mol. The molecule has 6 heteroatoms. The summed E-state index contributed by atoms with van der Waals surface area (Å²) in [5, 5.41) is 13.6. The van der Waals surface area contributed by atoms with Crippen LogP contribution >= 0.6 is 11.6 Å². The Morgan fingerprint density at radius 2 is 2.07 bits per heavy atom. The van der Waals surface area contributed by atoms with Crippen molar-refractivity contribution in [2.45, 2.75) is 18.9 Å². The van der Waals surface area contributed by atoms with E-state index < -0.39 is 6.09 Å². The van der Waals surface area contributed by atoms with Crippen molar-refractivity contribution >= 4 is 17.7 Å². The van der Waals surface area contributed by atoms with Crippen LogP contribution in [0.2, 0.25) is 5.02 Å². The minimum Gasteiger partial charge on any atom is -0.457 e. The van der Waals surface area contributed by atoms with Crippen molar-refractivity contribution in [2.75, 3.05) is 13.2 Å². The van der Waals surface area contributed by atoms with Crippen LogP contribution in [0.4, 0.5) is 4.79 Å². The van der Waals surface area contributed by atoms with Crippen LogP contribution in [0.25, 0.3) is 0 Å². The Labute approximate surface area is 180 Å². The molecule has 1 heterocycles. The molecule has 0 radical (unpaired) electrons. The van der Waals surface area contributed by atoms with E-state index >= 15 is 0 Å². The zero-order valence-corrected chi connectivity index (χ0v) is 17.1. The maximum absolute atomic E-state index is 12.3. The van der Waals surface area contributed by atoms with Crippen molar-refractivity contribution in [3.63, 3.8) is 0 Å². The minimum atomic E-state index is -0.519. The summed E-state index contributed by atoms with van der Waals surface area (Å²) in [7, 11) is 0. The molecule has 0 bridgehead atoms. The van der Waals surface area contributed by atoms with Crippen LogP contribution in [0, 0.1) is 0 Å². The molecule has 0 fully saturated rings. The number of hydrogen-bond donors (Lipinski definition) is 2. The Morgan fingerprint density at radius 3 is 2.87 bits per heavy atom. The summed E-state index contributed by atoms with van der Waals surface area (Å²) in [5.74, 6) is 1.08. The number of halogens is 1. The van der Waals surface area contributed by atoms with Gasteiger partial charge < -0.3 is 19.9 Å². The van der Waals surface area contributed by atoms with Crippen LogP contribution in [0.15, 0.2) is 83.7 Å². The second-order valence-electron chi connectivity index (χ2n) is 7.10. The van der Waals surface area contributed by atoms with Crippen molar-refractivity contribution in [3.05, 3.63) is 99.8 Å². The first-order chi connectivity index (χ1) is 14.7. The number of carbonyl (C=O) groups excluding carboxylic acids is 1. The highest BCUT2D eigenvalue weighted by molar-refractivity contribution is 6.30. The molecule has 2 N–H and O–H groups in total. The molecular formula is C24H22ClNO4. The lowest BCUT2D eigenvalue weighted by molar-refractivity contribution is 0.139. The topological polar surface area (TPSA) is 67.8 Å². The maximum Gasteiger partial charge on any atom is 0.407 e. The van der Waals surface area contributed by atoms with E-state index in [1.165, 1.54) is 0 Å². The van der Waals surface area contributed by atoms with Crippen LogP contribution in [0.3, 0.4) is 0 Å². The SMILES string of the molecule is O=C(NCC1C(CO)=C2CC=CC=C2Oc2ccc(Cl)cc21)OCc1ccccc1. The average Bonchev–Trinajstić information content (AvgIpc) is 2.90. The first kappa shape index (κ1) is 20.3. The first-order valence-corrected chi connectivity index (χ1v) is 10.2. The number of allylic oxidation sites excluding steroid dienone is 4. The molecule has 1 amide bonds. The second-order valence-corrected chi connectivity index (χ2v) is 7.54. The lowest BCUT2D eigenvalue weighted by atomic mass is 9.86. The second kappa shape index (κ2) is 9.20. The standard InChI is InChI=1S/C24H22ClNO4/c25-17-10-11-23-19(12-17)20(21(14-27)18-8-4-5-9-22(18)30-23)13-26-24(28)29-15-16-6-2-1-3-7-16/h1-7,9-12,20,27H,8,13-15H2,(H,26,28). The summed E-state index contributed by atoms with van der Waals surface area (Å²) in [6.07, 6.45) is 5.96. The summed E-state index contributed by atoms with van der Waals surface area (Å²) in [5.41, 5.74) is 3.46. The molecular weight excluding hydrogens is 402 g/mol. The van der Waals surface area contributed by atoms with Crippen LogP contribution in [0.1, 0.15) is 23.5 Å². The van der Waals surface area contributed by atoms with Gasteiger partial charge in [0.15, 0.2) is 0 Å². The number of amides is 1. The van der Waals surface area contributed by atoms with Crippen LogP contribution < -0.4 is 10.1 Å². The summed E-state index contributed by atoms with van der Waals surface area (Å²) >= 11 is 6.25. The van der Waals surface area contributed by atoms with E-state index in [0.29, 0.717) is 23.0 Å². The number of rotatable bonds is 5. The number of hydrogen-bond acceptors (Lipinski definition) is 4. The van der Waals surface area contributed by atoms with Gasteiger partial charge in [0.05, 0.1) is 6.61 Å². The zero-order chi connectivity index (χ0) is 20.9. The number of fused-ring (bicyclic) bond motifs is 2. The number of ether oxygens (including phenoxy) is 2. The number of benzene rings is 2. The van der Waals surface area contributed by atoms with Gasteiger partial charge in [-0.3, -0.25) is 0 Å². The smallest absolute Gasteiger partial charge is 0.407 e. The molecule has 5 nitrogen and oxygen atoms in total. The van der Waals surface area contributed by atoms with Gasteiger partial charge in [-0.2, -0.15) is 0 Å². The van der Waals surface area contributed by atoms with Crippen molar-refractivity contribution in [1.29, 1.82) is 0 Å². The molecule has 4 rings (SSSR count). The zero-order valence-electron chi connectivity index (χ0n) is 16.3. The fourth-order valence-corrected chi connectivity index (χ4v) is 3.91. The van der Waals surface area contributed by atoms with E-state index in [-0.39, 0.29) is 25.7 Å². The van der Waals surface area contributed by atoms with E-state index in [9.17, 15) is 9.90 Å². The van der Waals surface area contributed by atoms with Crippen molar-refractivity contribution in [2.24, 2.45) is 0 Å². The molecule has 2 aromatic carbocycles. The molecule has 0 saturated carbocycles. The van der Waals surface area contributed by atoms with Crippen LogP contribution in [-0.4, -0.2) is 24.4 Å². The van der Waals surface area contributed by atoms with Gasteiger partial charge in [-0.05, 0) is 41.8 Å². The van der Waals surface area contributed by atoms with Crippen molar-refractivity contribution < 1.29 is 19.4 Å². The lowest BCUT2D eigenvalue weighted by Crippen LogP contribution is -2.30. The largest absolute Gasteiger partial charge is 0.457 e. The number of aliphatic hydroxyl groups is 1. The molecule has 2 aromatic rings. The van der Waals surface area contributed by atoms with Gasteiger partial charge in [0.25, 0.3) is 0 Å². The molecule has 1 unspecified atom stereocenters. The third-order valence-electron chi connectivity index (χ3n) is 5.21. The summed E-state index contributed by atoms with van der Waals surface area (Å²) in [4.78, 5) is 12.3. The minimum absolute atomic E-state index is 0.152. The molecule has 0 saturated heterocycles. The number of alkyl carbamates (subject to hydrolysis) is 1. The Bertz CT molecular complexity index is 1030. The normalized spacial score (nSPS) is 17.3. The lowest BCUT2D eigenvalue weighted by Gasteiger charge is -2.22. The van der Waals surface area contributed by atoms with Gasteiger partial charge in [-0.1, -0.05) is 54.1 Å². The molecule has 1 aliphatic carbocycles. The highest BCUT2D eigenvalue weighted by atomic mass is 35.5. The maximum atomic E-state index is 12.3. The molecule has 0 aromatic heterocycles. The number of carbonyl (C=O) groups is 1. The predicted octanol–water partition coefficient (Wildman–Crippen LogP) is 4.88. The van der Waals surface area contributed by atoms with E-state index in [4.69, 9.17) is 21.1 Å². The summed E-state index contributed by atoms with van der Waals surface area (Å²) in [6.45, 7) is 0.288. The van der Waals surface area contributed by atoms with Gasteiger partial charge in [-0.25, -0.2) is 4.79 Å². The summed E-state index contributed by atoms with van der Waals surface area (Å²) < 4.78 is 11.5. The molecule has 2 aliphatic rings. The molecule has 0 spiro atoms. The number of nitrogens with one attached hydrogen (secondary N) is 1. The number of aliphatic hydroxyl groups excluding tert-OH is 1. The molecule has 154 valence electrons. The highest BCUT2D eigenvalue weighted by Crippen LogP contribution is 2.42. The predicted molar refractivity (Wildman–Crippen MR) is 115 cm³/mol. The van der Waals surface area contributed by atoms with Gasteiger partial charge >= 0.3 is 6.09 Å². The van der Waals surface area contributed by atoms with Gasteiger partial charge in [-0.15, -0.1) is 0 Å². The van der Waals surface area contributed by atoms with Gasteiger partial charge in [0, 0.05) is 28.6 Å². The summed E-state index contributed by atoms with van der Waals surface area (Å²) in [6, 6.07) is 14.9. The van der Waals surface area contributed by atoms with Crippen molar-refractivity contribution in [1.82, 2.24) is 5.32 Å². The van der Waals surface area contributed by atoms with Crippen LogP contribution in [0.5, 0.6) is 5.75 Å². The van der Waals surface area contributed by atoms with E-state index in [1.807, 2.05) is 60.7 Å². The third kappa shape index (κ3) is 4.42. The molecule has 1 aliphatic heterocycles. The average molecular weight is 424 g/mol. The Morgan fingerprint density at radius 1 is 1.23 bits per heavy atom. The fourth-order valence-electron chi connectivity index (χ4n) is 3.73. The Hall–Kier alpha value is -3.02. The van der Waals surface area contributed by atoms with E-state index in [2.05, 4.69) is 5.32 Å². The Kier molecular flexibility index (Phi) is 6.21. The van der Waals surface area contributed by atoms with Crippen molar-refractivity contribution in [3.8, 4) is 5.75 Å². The fraction of sp³-hybridized carbons (Fsp3) is 0.208. The quantitative estimate of drug-likeness (QED) is 0.719. The van der Waals surface area contributed by atoms with Gasteiger partial charge in [0.2, 0.25) is 0 Å². The van der Waals surface area contributed by atoms with E-state index in [1.54, 1.807) is 6.07 Å². The molecule has 30 heavy (non-hydrogen) atoms.